The van der Waals surface area contributed by atoms with E-state index in [9.17, 15) is 19.2 Å². The maximum Gasteiger partial charge on any atom is 0.221 e. The van der Waals surface area contributed by atoms with E-state index in [1.165, 1.54) is 0 Å². The summed E-state index contributed by atoms with van der Waals surface area (Å²) in [6, 6.07) is 0. The summed E-state index contributed by atoms with van der Waals surface area (Å²) in [5.41, 5.74) is 0. The van der Waals surface area contributed by atoms with Crippen molar-refractivity contribution in [1.29, 1.82) is 0 Å². The van der Waals surface area contributed by atoms with Gasteiger partial charge >= 0.3 is 0 Å². The van der Waals surface area contributed by atoms with E-state index in [2.05, 4.69) is 46.1 Å². The third kappa shape index (κ3) is 20.2. The number of amides is 2. The normalized spacial score (nSPS) is 11.4. The van der Waals surface area contributed by atoms with Gasteiger partial charge in [0.25, 0.3) is 0 Å². The smallest absolute Gasteiger partial charge is 0.221 e. The van der Waals surface area contributed by atoms with Crippen molar-refractivity contribution in [2.75, 3.05) is 72.0 Å². The van der Waals surface area contributed by atoms with Gasteiger partial charge in [-0.05, 0) is 38.9 Å². The summed E-state index contributed by atoms with van der Waals surface area (Å²) in [6.45, 7) is 17.3. The Bertz CT molecular complexity index is 607. The summed E-state index contributed by atoms with van der Waals surface area (Å²) >= 11 is 0. The standard InChI is InChI=1S/C29H57N5O4/c1-6-11-18-33(24-26(35)9-4)22-15-30-28(37)13-20-32(17-8-3)21-14-29(38)31-16-23-34(19-12-7-2)25-27(36)10-5/h6-25H2,1-5H3,(H,30,37)(H,31,38). The maximum absolute atomic E-state index is 12.4. The SMILES string of the molecule is CCCCN(CCNC(=O)CCN(CCC)CCC(=O)NCCN(CCCC)CC(=O)CC)CC(=O)CC. The topological polar surface area (TPSA) is 102 Å². The van der Waals surface area contributed by atoms with Gasteiger partial charge in [-0.2, -0.15) is 0 Å². The molecule has 0 aliphatic rings. The van der Waals surface area contributed by atoms with Crippen molar-refractivity contribution >= 4 is 23.4 Å². The Morgan fingerprint density at radius 1 is 0.500 bits per heavy atom. The predicted octanol–water partition coefficient (Wildman–Crippen LogP) is 2.87. The molecular formula is C29H57N5O4. The molecule has 2 amide bonds. The molecule has 0 spiro atoms. The molecule has 0 saturated carbocycles. The molecule has 0 saturated heterocycles. The van der Waals surface area contributed by atoms with Crippen LogP contribution in [0.4, 0.5) is 0 Å². The first-order valence-corrected chi connectivity index (χ1v) is 15.0. The summed E-state index contributed by atoms with van der Waals surface area (Å²) in [6.07, 6.45) is 7.05. The highest BCUT2D eigenvalue weighted by atomic mass is 16.2. The van der Waals surface area contributed by atoms with Crippen molar-refractivity contribution in [2.24, 2.45) is 0 Å². The molecule has 2 N–H and O–H groups in total. The molecule has 0 bridgehead atoms. The third-order valence-corrected chi connectivity index (χ3v) is 6.59. The number of carbonyl (C=O) groups is 4. The maximum atomic E-state index is 12.4. The zero-order valence-corrected chi connectivity index (χ0v) is 25.1. The van der Waals surface area contributed by atoms with Crippen LogP contribution in [0.1, 0.15) is 92.4 Å². The second kappa shape index (κ2) is 24.2. The average Bonchev–Trinajstić information content (AvgIpc) is 2.91. The molecule has 0 aromatic rings. The van der Waals surface area contributed by atoms with E-state index in [1.807, 2.05) is 13.8 Å². The third-order valence-electron chi connectivity index (χ3n) is 6.59. The van der Waals surface area contributed by atoms with Crippen LogP contribution in [0.5, 0.6) is 0 Å². The van der Waals surface area contributed by atoms with Gasteiger partial charge in [0, 0.05) is 65.0 Å². The Morgan fingerprint density at radius 2 is 0.921 bits per heavy atom. The fraction of sp³-hybridized carbons (Fsp3) is 0.862. The Labute approximate surface area is 232 Å². The first-order chi connectivity index (χ1) is 18.3. The first kappa shape index (κ1) is 36.2. The van der Waals surface area contributed by atoms with Gasteiger partial charge in [-0.1, -0.05) is 47.5 Å². The summed E-state index contributed by atoms with van der Waals surface area (Å²) < 4.78 is 0. The number of rotatable bonds is 26. The predicted molar refractivity (Wildman–Crippen MR) is 155 cm³/mol. The molecule has 0 aliphatic heterocycles. The quantitative estimate of drug-likeness (QED) is 0.174. The number of Topliss-reactive ketones (excluding diaryl/α,β-unsaturated/α-hetero) is 2. The zero-order chi connectivity index (χ0) is 28.6. The van der Waals surface area contributed by atoms with Crippen LogP contribution in [-0.4, -0.2) is 110 Å². The van der Waals surface area contributed by atoms with E-state index in [4.69, 9.17) is 0 Å². The molecule has 0 unspecified atom stereocenters. The lowest BCUT2D eigenvalue weighted by Gasteiger charge is -2.23. The van der Waals surface area contributed by atoms with Crippen molar-refractivity contribution < 1.29 is 19.2 Å². The van der Waals surface area contributed by atoms with Crippen molar-refractivity contribution in [2.45, 2.75) is 92.4 Å². The van der Waals surface area contributed by atoms with E-state index in [1.54, 1.807) is 0 Å². The number of carbonyl (C=O) groups excluding carboxylic acids is 4. The van der Waals surface area contributed by atoms with Crippen LogP contribution >= 0.6 is 0 Å². The highest BCUT2D eigenvalue weighted by molar-refractivity contribution is 5.80. The van der Waals surface area contributed by atoms with Gasteiger partial charge in [0.15, 0.2) is 0 Å². The van der Waals surface area contributed by atoms with Crippen molar-refractivity contribution in [3.8, 4) is 0 Å². The monoisotopic (exact) mass is 539 g/mol. The number of unbranched alkanes of at least 4 members (excludes halogenated alkanes) is 2. The molecule has 0 fully saturated rings. The summed E-state index contributed by atoms with van der Waals surface area (Å²) in [7, 11) is 0. The van der Waals surface area contributed by atoms with Crippen LogP contribution in [0.25, 0.3) is 0 Å². The number of nitrogens with one attached hydrogen (secondary N) is 2. The molecule has 0 aromatic heterocycles. The average molecular weight is 540 g/mol. The molecule has 9 nitrogen and oxygen atoms in total. The molecule has 0 aliphatic carbocycles. The lowest BCUT2D eigenvalue weighted by molar-refractivity contribution is -0.122. The fourth-order valence-electron chi connectivity index (χ4n) is 4.08. The Balaban J connectivity index is 4.37. The van der Waals surface area contributed by atoms with Crippen LogP contribution in [0.3, 0.4) is 0 Å². The second-order valence-electron chi connectivity index (χ2n) is 10.1. The van der Waals surface area contributed by atoms with E-state index in [0.29, 0.717) is 78.0 Å². The van der Waals surface area contributed by atoms with E-state index < -0.39 is 0 Å². The van der Waals surface area contributed by atoms with Crippen molar-refractivity contribution in [1.82, 2.24) is 25.3 Å². The number of ketones is 2. The number of hydrogen-bond acceptors (Lipinski definition) is 7. The second-order valence-corrected chi connectivity index (χ2v) is 10.1. The Kier molecular flexibility index (Phi) is 23.0. The lowest BCUT2D eigenvalue weighted by atomic mass is 10.2. The minimum Gasteiger partial charge on any atom is -0.355 e. The van der Waals surface area contributed by atoms with E-state index >= 15 is 0 Å². The number of hydrogen-bond donors (Lipinski definition) is 2. The highest BCUT2D eigenvalue weighted by Gasteiger charge is 2.13. The van der Waals surface area contributed by atoms with Crippen molar-refractivity contribution in [3.63, 3.8) is 0 Å². The molecule has 222 valence electrons. The molecular weight excluding hydrogens is 482 g/mol. The molecule has 0 radical (unpaired) electrons. The van der Waals surface area contributed by atoms with Gasteiger partial charge in [0.2, 0.25) is 11.8 Å². The minimum atomic E-state index is 0.00149. The van der Waals surface area contributed by atoms with Gasteiger partial charge in [0.05, 0.1) is 13.1 Å². The van der Waals surface area contributed by atoms with Gasteiger partial charge < -0.3 is 15.5 Å². The highest BCUT2D eigenvalue weighted by Crippen LogP contribution is 2.00. The van der Waals surface area contributed by atoms with Crippen LogP contribution in [0.2, 0.25) is 0 Å². The van der Waals surface area contributed by atoms with E-state index in [0.717, 1.165) is 51.7 Å². The zero-order valence-electron chi connectivity index (χ0n) is 25.1. The van der Waals surface area contributed by atoms with Crippen LogP contribution < -0.4 is 10.6 Å². The summed E-state index contributed by atoms with van der Waals surface area (Å²) in [4.78, 5) is 54.9. The van der Waals surface area contributed by atoms with Crippen LogP contribution in [0, 0.1) is 0 Å². The molecule has 9 heteroatoms. The van der Waals surface area contributed by atoms with Gasteiger partial charge in [-0.3, -0.25) is 29.0 Å². The molecule has 0 aromatic carbocycles. The van der Waals surface area contributed by atoms with Crippen LogP contribution in [0.15, 0.2) is 0 Å². The van der Waals surface area contributed by atoms with Gasteiger partial charge in [-0.15, -0.1) is 0 Å². The lowest BCUT2D eigenvalue weighted by Crippen LogP contribution is -2.40. The Hall–Kier alpha value is -1.84. The fourth-order valence-corrected chi connectivity index (χ4v) is 4.08. The van der Waals surface area contributed by atoms with Crippen LogP contribution in [-0.2, 0) is 19.2 Å². The first-order valence-electron chi connectivity index (χ1n) is 15.0. The molecule has 0 heterocycles. The summed E-state index contributed by atoms with van der Waals surface area (Å²) in [5, 5.41) is 5.97. The molecule has 0 rings (SSSR count). The van der Waals surface area contributed by atoms with E-state index in [-0.39, 0.29) is 23.4 Å². The van der Waals surface area contributed by atoms with Crippen molar-refractivity contribution in [3.05, 3.63) is 0 Å². The molecule has 0 atom stereocenters. The number of nitrogens with zero attached hydrogens (tertiary/aromatic N) is 3. The molecule has 38 heavy (non-hydrogen) atoms. The van der Waals surface area contributed by atoms with Gasteiger partial charge in [-0.25, -0.2) is 0 Å². The van der Waals surface area contributed by atoms with Gasteiger partial charge in [0.1, 0.15) is 11.6 Å². The largest absolute Gasteiger partial charge is 0.355 e. The summed E-state index contributed by atoms with van der Waals surface area (Å²) in [5.74, 6) is 0.461. The Morgan fingerprint density at radius 3 is 1.26 bits per heavy atom. The minimum absolute atomic E-state index is 0.00149.